The molecule has 0 aliphatic carbocycles. The van der Waals surface area contributed by atoms with Crippen LogP contribution in [-0.4, -0.2) is 60.3 Å². The van der Waals surface area contributed by atoms with E-state index in [1.54, 1.807) is 0 Å². The second-order valence-electron chi connectivity index (χ2n) is 7.90. The minimum atomic E-state index is 0.128. The Morgan fingerprint density at radius 3 is 1.96 bits per heavy atom. The van der Waals surface area contributed by atoms with E-state index in [0.29, 0.717) is 13.1 Å². The van der Waals surface area contributed by atoms with Gasteiger partial charge >= 0.3 is 0 Å². The van der Waals surface area contributed by atoms with Crippen molar-refractivity contribution < 1.29 is 4.79 Å². The quantitative estimate of drug-likeness (QED) is 0.820. The fraction of sp³-hybridized carbons (Fsp3) is 0.500. The highest BCUT2D eigenvalue weighted by Gasteiger charge is 2.24. The van der Waals surface area contributed by atoms with Gasteiger partial charge in [0.15, 0.2) is 11.6 Å². The lowest BCUT2D eigenvalue weighted by Crippen LogP contribution is -2.49. The summed E-state index contributed by atoms with van der Waals surface area (Å²) in [7, 11) is 0. The number of hydrogen-bond donors (Lipinski definition) is 0. The first-order valence-corrected chi connectivity index (χ1v) is 10.3. The van der Waals surface area contributed by atoms with Gasteiger partial charge in [0, 0.05) is 44.8 Å². The number of nitrogens with zero attached hydrogens (tertiary/aromatic N) is 5. The van der Waals surface area contributed by atoms with Crippen LogP contribution < -0.4 is 9.80 Å². The Labute approximate surface area is 167 Å². The Kier molecular flexibility index (Phi) is 5.46. The minimum absolute atomic E-state index is 0.128. The molecule has 2 aliphatic rings. The Hall–Kier alpha value is -2.63. The number of carbonyl (C=O) groups excluding carboxylic acids is 1. The second-order valence-corrected chi connectivity index (χ2v) is 7.90. The third-order valence-electron chi connectivity index (χ3n) is 5.82. The molecule has 1 amide bonds. The summed E-state index contributed by atoms with van der Waals surface area (Å²) in [5, 5.41) is 8.91. The van der Waals surface area contributed by atoms with E-state index >= 15 is 0 Å². The van der Waals surface area contributed by atoms with Crippen molar-refractivity contribution in [2.24, 2.45) is 0 Å². The molecule has 0 unspecified atom stereocenters. The summed E-state index contributed by atoms with van der Waals surface area (Å²) in [6.45, 7) is 9.21. The first kappa shape index (κ1) is 18.7. The van der Waals surface area contributed by atoms with E-state index in [4.69, 9.17) is 0 Å². The van der Waals surface area contributed by atoms with Crippen molar-refractivity contribution >= 4 is 17.5 Å². The van der Waals surface area contributed by atoms with E-state index < -0.39 is 0 Å². The topological polar surface area (TPSA) is 52.6 Å². The zero-order chi connectivity index (χ0) is 19.5. The van der Waals surface area contributed by atoms with Gasteiger partial charge in [-0.2, -0.15) is 0 Å². The maximum absolute atomic E-state index is 12.9. The molecule has 4 rings (SSSR count). The van der Waals surface area contributed by atoms with Gasteiger partial charge in [-0.1, -0.05) is 17.7 Å². The van der Waals surface area contributed by atoms with Crippen LogP contribution in [0.25, 0.3) is 0 Å². The summed E-state index contributed by atoms with van der Waals surface area (Å²) in [5.41, 5.74) is 3.04. The number of aryl methyl sites for hydroxylation is 2. The molecule has 0 bridgehead atoms. The molecule has 3 heterocycles. The van der Waals surface area contributed by atoms with Crippen molar-refractivity contribution in [1.82, 2.24) is 15.1 Å². The first-order valence-electron chi connectivity index (χ1n) is 10.3. The highest BCUT2D eigenvalue weighted by atomic mass is 16.2. The summed E-state index contributed by atoms with van der Waals surface area (Å²) in [6, 6.07) is 10.2. The zero-order valence-corrected chi connectivity index (χ0v) is 16.9. The number of benzene rings is 1. The molecular weight excluding hydrogens is 350 g/mol. The van der Waals surface area contributed by atoms with Crippen LogP contribution >= 0.6 is 0 Å². The molecule has 2 aliphatic heterocycles. The number of amides is 1. The monoisotopic (exact) mass is 379 g/mol. The van der Waals surface area contributed by atoms with Crippen molar-refractivity contribution in [1.29, 1.82) is 0 Å². The van der Waals surface area contributed by atoms with Gasteiger partial charge in [-0.25, -0.2) is 0 Å². The van der Waals surface area contributed by atoms with Crippen LogP contribution in [-0.2, 0) is 0 Å². The fourth-order valence-electron chi connectivity index (χ4n) is 4.14. The van der Waals surface area contributed by atoms with Gasteiger partial charge in [0.1, 0.15) is 0 Å². The molecular formula is C22H29N5O. The predicted octanol–water partition coefficient (Wildman–Crippen LogP) is 3.05. The first-order chi connectivity index (χ1) is 13.6. The van der Waals surface area contributed by atoms with Crippen LogP contribution in [0.15, 0.2) is 30.3 Å². The van der Waals surface area contributed by atoms with Crippen LogP contribution in [0.3, 0.4) is 0 Å². The highest BCUT2D eigenvalue weighted by Crippen LogP contribution is 2.21. The maximum atomic E-state index is 12.9. The maximum Gasteiger partial charge on any atom is 0.254 e. The molecule has 1 aromatic carbocycles. The lowest BCUT2D eigenvalue weighted by atomic mass is 10.0. The van der Waals surface area contributed by atoms with Gasteiger partial charge in [0.05, 0.1) is 0 Å². The largest absolute Gasteiger partial charge is 0.355 e. The van der Waals surface area contributed by atoms with E-state index in [1.807, 2.05) is 24.0 Å². The van der Waals surface area contributed by atoms with E-state index in [2.05, 4.69) is 45.1 Å². The molecule has 1 aromatic heterocycles. The Balaban J connectivity index is 1.36. The van der Waals surface area contributed by atoms with Gasteiger partial charge in [0.2, 0.25) is 0 Å². The third kappa shape index (κ3) is 3.96. The van der Waals surface area contributed by atoms with Crippen molar-refractivity contribution in [2.45, 2.75) is 33.1 Å². The number of rotatable bonds is 3. The minimum Gasteiger partial charge on any atom is -0.355 e. The van der Waals surface area contributed by atoms with Crippen LogP contribution in [0.5, 0.6) is 0 Å². The lowest BCUT2D eigenvalue weighted by Gasteiger charge is -2.35. The van der Waals surface area contributed by atoms with E-state index in [0.717, 1.165) is 48.9 Å². The van der Waals surface area contributed by atoms with E-state index in [1.165, 1.54) is 24.8 Å². The molecule has 2 saturated heterocycles. The number of piperazine rings is 1. The molecule has 6 heteroatoms. The summed E-state index contributed by atoms with van der Waals surface area (Å²) < 4.78 is 0. The lowest BCUT2D eigenvalue weighted by molar-refractivity contribution is 0.0745. The molecule has 0 saturated carbocycles. The SMILES string of the molecule is Cc1ccc(C(=O)N2CCN(c3ccc(N4CCCCC4)nn3)CC2)c(C)c1. The van der Waals surface area contributed by atoms with Crippen molar-refractivity contribution in [3.8, 4) is 0 Å². The van der Waals surface area contributed by atoms with E-state index in [-0.39, 0.29) is 5.91 Å². The standard InChI is InChI=1S/C22H29N5O/c1-17-6-7-19(18(2)16-17)22(28)27-14-12-26(13-15-27)21-9-8-20(23-24-21)25-10-4-3-5-11-25/h6-9,16H,3-5,10-15H2,1-2H3. The Bertz CT molecular complexity index is 821. The summed E-state index contributed by atoms with van der Waals surface area (Å²) in [5.74, 6) is 2.01. The summed E-state index contributed by atoms with van der Waals surface area (Å²) in [4.78, 5) is 19.4. The molecule has 0 N–H and O–H groups in total. The van der Waals surface area contributed by atoms with Crippen molar-refractivity contribution in [2.75, 3.05) is 49.1 Å². The van der Waals surface area contributed by atoms with E-state index in [9.17, 15) is 4.79 Å². The van der Waals surface area contributed by atoms with Crippen molar-refractivity contribution in [3.63, 3.8) is 0 Å². The summed E-state index contributed by atoms with van der Waals surface area (Å²) in [6.07, 6.45) is 3.78. The number of hydrogen-bond acceptors (Lipinski definition) is 5. The van der Waals surface area contributed by atoms with Gasteiger partial charge in [0.25, 0.3) is 5.91 Å². The average molecular weight is 380 g/mol. The predicted molar refractivity (Wildman–Crippen MR) is 112 cm³/mol. The molecule has 6 nitrogen and oxygen atoms in total. The van der Waals surface area contributed by atoms with Crippen LogP contribution in [0.1, 0.15) is 40.7 Å². The molecule has 148 valence electrons. The van der Waals surface area contributed by atoms with Gasteiger partial charge in [-0.3, -0.25) is 4.79 Å². The molecule has 0 spiro atoms. The average Bonchev–Trinajstić information content (AvgIpc) is 2.74. The van der Waals surface area contributed by atoms with Gasteiger partial charge < -0.3 is 14.7 Å². The van der Waals surface area contributed by atoms with Crippen LogP contribution in [0, 0.1) is 13.8 Å². The fourth-order valence-corrected chi connectivity index (χ4v) is 4.14. The molecule has 28 heavy (non-hydrogen) atoms. The number of piperidine rings is 1. The molecule has 0 radical (unpaired) electrons. The van der Waals surface area contributed by atoms with Gasteiger partial charge in [-0.05, 0) is 56.9 Å². The van der Waals surface area contributed by atoms with Crippen LogP contribution in [0.4, 0.5) is 11.6 Å². The highest BCUT2D eigenvalue weighted by molar-refractivity contribution is 5.95. The van der Waals surface area contributed by atoms with Crippen LogP contribution in [0.2, 0.25) is 0 Å². The number of aromatic nitrogens is 2. The number of anilines is 2. The number of carbonyl (C=O) groups is 1. The van der Waals surface area contributed by atoms with Crippen molar-refractivity contribution in [3.05, 3.63) is 47.0 Å². The Morgan fingerprint density at radius 1 is 0.786 bits per heavy atom. The van der Waals surface area contributed by atoms with Gasteiger partial charge in [-0.15, -0.1) is 10.2 Å². The third-order valence-corrected chi connectivity index (χ3v) is 5.82. The zero-order valence-electron chi connectivity index (χ0n) is 16.9. The molecule has 0 atom stereocenters. The smallest absolute Gasteiger partial charge is 0.254 e. The second kappa shape index (κ2) is 8.17. The molecule has 2 aromatic rings. The Morgan fingerprint density at radius 2 is 1.39 bits per heavy atom. The molecule has 2 fully saturated rings. The normalized spacial score (nSPS) is 17.7. The summed E-state index contributed by atoms with van der Waals surface area (Å²) >= 11 is 0.